The lowest BCUT2D eigenvalue weighted by molar-refractivity contribution is -0.0207. The lowest BCUT2D eigenvalue weighted by Gasteiger charge is -2.13. The molecule has 2 atom stereocenters. The molecule has 0 radical (unpaired) electrons. The number of nitrogens with two attached hydrogens (primary N) is 1. The highest BCUT2D eigenvalue weighted by Gasteiger charge is 2.27. The summed E-state index contributed by atoms with van der Waals surface area (Å²) in [5.74, 6) is 0.103. The fourth-order valence-corrected chi connectivity index (χ4v) is 2.35. The monoisotopic (exact) mass is 269 g/mol. The smallest absolute Gasteiger partial charge is 0.223 e. The Labute approximate surface area is 108 Å². The van der Waals surface area contributed by atoms with E-state index in [1.54, 1.807) is 10.9 Å². The van der Waals surface area contributed by atoms with Gasteiger partial charge in [0.2, 0.25) is 5.95 Å². The van der Waals surface area contributed by atoms with Gasteiger partial charge in [0.1, 0.15) is 11.7 Å². The van der Waals surface area contributed by atoms with Crippen molar-refractivity contribution < 1.29 is 9.84 Å². The largest absolute Gasteiger partial charge is 0.394 e. The van der Waals surface area contributed by atoms with Gasteiger partial charge >= 0.3 is 0 Å². The van der Waals surface area contributed by atoms with E-state index >= 15 is 0 Å². The zero-order valence-corrected chi connectivity index (χ0v) is 10.2. The highest BCUT2D eigenvalue weighted by molar-refractivity contribution is 6.33. The van der Waals surface area contributed by atoms with Crippen LogP contribution >= 0.6 is 11.6 Å². The molecule has 0 spiro atoms. The Hall–Kier alpha value is -1.44. The van der Waals surface area contributed by atoms with Crippen LogP contribution in [0.3, 0.4) is 0 Å². The Kier molecular flexibility index (Phi) is 2.81. The number of rotatable bonds is 2. The maximum atomic E-state index is 9.07. The van der Waals surface area contributed by atoms with Crippen molar-refractivity contribution in [2.24, 2.45) is 0 Å². The quantitative estimate of drug-likeness (QED) is 0.780. The van der Waals surface area contributed by atoms with Crippen molar-refractivity contribution in [3.05, 3.63) is 11.5 Å². The summed E-state index contributed by atoms with van der Waals surface area (Å²) < 4.78 is 7.44. The molecule has 0 amide bonds. The van der Waals surface area contributed by atoms with Gasteiger partial charge in [-0.05, 0) is 12.8 Å². The minimum Gasteiger partial charge on any atom is -0.394 e. The molecule has 18 heavy (non-hydrogen) atoms. The summed E-state index contributed by atoms with van der Waals surface area (Å²) in [7, 11) is 0. The van der Waals surface area contributed by atoms with Crippen molar-refractivity contribution in [3.63, 3.8) is 0 Å². The number of nitrogen functional groups attached to an aromatic ring is 1. The molecule has 3 rings (SSSR count). The molecule has 2 aromatic rings. The third-order valence-electron chi connectivity index (χ3n) is 3.00. The van der Waals surface area contributed by atoms with Crippen molar-refractivity contribution in [2.45, 2.75) is 25.2 Å². The molecular weight excluding hydrogens is 258 g/mol. The number of ether oxygens (including phenoxy) is 1. The van der Waals surface area contributed by atoms with Gasteiger partial charge < -0.3 is 15.6 Å². The highest BCUT2D eigenvalue weighted by Crippen LogP contribution is 2.31. The molecule has 2 aromatic heterocycles. The van der Waals surface area contributed by atoms with E-state index in [4.69, 9.17) is 27.2 Å². The van der Waals surface area contributed by atoms with Gasteiger partial charge in [-0.25, -0.2) is 4.98 Å². The van der Waals surface area contributed by atoms with Crippen LogP contribution in [0.5, 0.6) is 0 Å². The van der Waals surface area contributed by atoms with E-state index in [2.05, 4.69) is 15.0 Å². The van der Waals surface area contributed by atoms with Gasteiger partial charge in [-0.3, -0.25) is 4.57 Å². The highest BCUT2D eigenvalue weighted by atomic mass is 35.5. The minimum absolute atomic E-state index is 0.0149. The van der Waals surface area contributed by atoms with E-state index in [9.17, 15) is 0 Å². The van der Waals surface area contributed by atoms with Crippen LogP contribution in [0.2, 0.25) is 5.15 Å². The average molecular weight is 270 g/mol. The van der Waals surface area contributed by atoms with Crippen molar-refractivity contribution in [3.8, 4) is 0 Å². The van der Waals surface area contributed by atoms with Gasteiger partial charge in [-0.1, -0.05) is 11.6 Å². The zero-order chi connectivity index (χ0) is 12.7. The molecule has 0 unspecified atom stereocenters. The van der Waals surface area contributed by atoms with Crippen molar-refractivity contribution >= 4 is 28.7 Å². The number of fused-ring (bicyclic) bond motifs is 1. The topological polar surface area (TPSA) is 99.1 Å². The third kappa shape index (κ3) is 1.80. The number of nitrogens with zero attached hydrogens (tertiary/aromatic N) is 4. The number of hydrogen-bond acceptors (Lipinski definition) is 6. The van der Waals surface area contributed by atoms with Crippen LogP contribution in [-0.4, -0.2) is 37.3 Å². The van der Waals surface area contributed by atoms with Crippen molar-refractivity contribution in [1.29, 1.82) is 0 Å². The number of anilines is 1. The first-order chi connectivity index (χ1) is 8.69. The van der Waals surface area contributed by atoms with Crippen LogP contribution in [0.4, 0.5) is 5.95 Å². The minimum atomic E-state index is -0.197. The molecule has 8 heteroatoms. The van der Waals surface area contributed by atoms with E-state index in [1.807, 2.05) is 0 Å². The molecule has 7 nitrogen and oxygen atoms in total. The first-order valence-electron chi connectivity index (χ1n) is 5.61. The van der Waals surface area contributed by atoms with Crippen LogP contribution in [0.1, 0.15) is 19.1 Å². The van der Waals surface area contributed by atoms with E-state index in [-0.39, 0.29) is 30.0 Å². The van der Waals surface area contributed by atoms with Gasteiger partial charge in [-0.2, -0.15) is 9.97 Å². The normalized spacial score (nSPS) is 23.9. The first kappa shape index (κ1) is 11.6. The third-order valence-corrected chi connectivity index (χ3v) is 3.26. The molecule has 96 valence electrons. The fraction of sp³-hybridized carbons (Fsp3) is 0.500. The summed E-state index contributed by atoms with van der Waals surface area (Å²) in [6.07, 6.45) is 2.86. The number of halogens is 1. The SMILES string of the molecule is Nc1nc(Cl)c2ncn([C@@H]3CC[C@H](CO)O3)c2n1. The second-order valence-electron chi connectivity index (χ2n) is 4.17. The average Bonchev–Trinajstić information content (AvgIpc) is 2.93. The summed E-state index contributed by atoms with van der Waals surface area (Å²) in [6.45, 7) is 0.0149. The maximum Gasteiger partial charge on any atom is 0.223 e. The molecule has 1 aliphatic heterocycles. The van der Waals surface area contributed by atoms with E-state index in [1.165, 1.54) is 0 Å². The number of hydrogen-bond donors (Lipinski definition) is 2. The molecule has 0 aliphatic carbocycles. The molecule has 0 aromatic carbocycles. The Morgan fingerprint density at radius 1 is 1.50 bits per heavy atom. The Morgan fingerprint density at radius 3 is 3.06 bits per heavy atom. The lowest BCUT2D eigenvalue weighted by Crippen LogP contribution is -2.14. The Bertz CT molecular complexity index is 587. The van der Waals surface area contributed by atoms with Crippen LogP contribution < -0.4 is 5.73 Å². The van der Waals surface area contributed by atoms with E-state index in [0.29, 0.717) is 11.2 Å². The Balaban J connectivity index is 2.03. The summed E-state index contributed by atoms with van der Waals surface area (Å²) >= 11 is 5.95. The number of imidazole rings is 1. The summed E-state index contributed by atoms with van der Waals surface area (Å²) in [5.41, 5.74) is 6.63. The Morgan fingerprint density at radius 2 is 2.33 bits per heavy atom. The van der Waals surface area contributed by atoms with Crippen LogP contribution in [0, 0.1) is 0 Å². The predicted molar refractivity (Wildman–Crippen MR) is 65.0 cm³/mol. The second kappa shape index (κ2) is 4.34. The van der Waals surface area contributed by atoms with Gasteiger partial charge in [0.25, 0.3) is 0 Å². The van der Waals surface area contributed by atoms with Gasteiger partial charge in [0, 0.05) is 0 Å². The standard InChI is InChI=1S/C10H12ClN5O2/c11-8-7-9(15-10(12)14-8)16(4-13-7)6-2-1-5(3-17)18-6/h4-6,17H,1-3H2,(H2,12,14,15)/t5-,6+/m1/s1. The van der Waals surface area contributed by atoms with Gasteiger partial charge in [0.05, 0.1) is 19.0 Å². The maximum absolute atomic E-state index is 9.07. The van der Waals surface area contributed by atoms with Crippen LogP contribution in [-0.2, 0) is 4.74 Å². The summed E-state index contributed by atoms with van der Waals surface area (Å²) in [4.78, 5) is 12.1. The zero-order valence-electron chi connectivity index (χ0n) is 9.45. The van der Waals surface area contributed by atoms with Crippen LogP contribution in [0.25, 0.3) is 11.2 Å². The van der Waals surface area contributed by atoms with Crippen molar-refractivity contribution in [1.82, 2.24) is 19.5 Å². The summed E-state index contributed by atoms with van der Waals surface area (Å²) in [6, 6.07) is 0. The van der Waals surface area contributed by atoms with Crippen LogP contribution in [0.15, 0.2) is 6.33 Å². The molecule has 3 heterocycles. The second-order valence-corrected chi connectivity index (χ2v) is 4.53. The number of aromatic nitrogens is 4. The molecular formula is C10H12ClN5O2. The molecule has 1 aliphatic rings. The molecule has 0 bridgehead atoms. The fourth-order valence-electron chi connectivity index (χ4n) is 2.13. The predicted octanol–water partition coefficient (Wildman–Crippen LogP) is 0.732. The lowest BCUT2D eigenvalue weighted by atomic mass is 10.2. The van der Waals surface area contributed by atoms with Crippen molar-refractivity contribution in [2.75, 3.05) is 12.3 Å². The molecule has 3 N–H and O–H groups in total. The molecule has 1 saturated heterocycles. The van der Waals surface area contributed by atoms with E-state index in [0.717, 1.165) is 12.8 Å². The summed E-state index contributed by atoms with van der Waals surface area (Å²) in [5, 5.41) is 9.30. The van der Waals surface area contributed by atoms with Gasteiger partial charge in [0.15, 0.2) is 10.8 Å². The van der Waals surface area contributed by atoms with E-state index < -0.39 is 0 Å². The molecule has 1 fully saturated rings. The van der Waals surface area contributed by atoms with Gasteiger partial charge in [-0.15, -0.1) is 0 Å². The number of aliphatic hydroxyl groups excluding tert-OH is 1. The first-order valence-corrected chi connectivity index (χ1v) is 5.98. The molecule has 0 saturated carbocycles. The number of aliphatic hydroxyl groups is 1.